The third-order valence-electron chi connectivity index (χ3n) is 4.39. The van der Waals surface area contributed by atoms with Gasteiger partial charge < -0.3 is 14.8 Å². The van der Waals surface area contributed by atoms with E-state index in [0.717, 1.165) is 24.0 Å². The van der Waals surface area contributed by atoms with Crippen LogP contribution in [0, 0.1) is 6.92 Å². The van der Waals surface area contributed by atoms with E-state index in [1.807, 2.05) is 42.1 Å². The van der Waals surface area contributed by atoms with Crippen LogP contribution in [0.5, 0.6) is 0 Å². The first-order chi connectivity index (χ1) is 12.7. The molecule has 0 bridgehead atoms. The third-order valence-corrected chi connectivity index (χ3v) is 5.56. The number of hydrogen-bond acceptors (Lipinski definition) is 6. The number of carbonyl (C=O) groups is 1. The van der Waals surface area contributed by atoms with Crippen molar-refractivity contribution in [1.82, 2.24) is 19.5 Å². The summed E-state index contributed by atoms with van der Waals surface area (Å²) in [7, 11) is 0. The standard InChI is InChI=1S/C18H20N6OS/c1-13-16(26-18(21-13)24-9-5-6-10-24)17(25)22-14-11-15(20-12-19-14)23-7-3-2-4-8-23/h5-6,9-12H,2-4,7-8H2,1H3,(H,19,20,22,25). The van der Waals surface area contributed by atoms with Gasteiger partial charge in [0.1, 0.15) is 22.8 Å². The molecule has 0 aromatic carbocycles. The molecule has 134 valence electrons. The number of hydrogen-bond donors (Lipinski definition) is 1. The lowest BCUT2D eigenvalue weighted by Gasteiger charge is -2.27. The minimum atomic E-state index is -0.193. The Bertz CT molecular complexity index is 898. The number of rotatable bonds is 4. The van der Waals surface area contributed by atoms with Gasteiger partial charge in [-0.15, -0.1) is 0 Å². The number of anilines is 2. The molecular formula is C18H20N6OS. The Labute approximate surface area is 155 Å². The van der Waals surface area contributed by atoms with E-state index in [2.05, 4.69) is 25.2 Å². The Kier molecular flexibility index (Phi) is 4.66. The van der Waals surface area contributed by atoms with Crippen LogP contribution in [0.1, 0.15) is 34.6 Å². The normalized spacial score (nSPS) is 14.4. The molecular weight excluding hydrogens is 348 g/mol. The van der Waals surface area contributed by atoms with Crippen molar-refractivity contribution in [2.24, 2.45) is 0 Å². The fourth-order valence-electron chi connectivity index (χ4n) is 3.05. The minimum Gasteiger partial charge on any atom is -0.356 e. The van der Waals surface area contributed by atoms with Crippen LogP contribution >= 0.6 is 11.3 Å². The Hall–Kier alpha value is -2.74. The molecule has 3 aromatic rings. The SMILES string of the molecule is Cc1nc(-n2cccc2)sc1C(=O)Nc1cc(N2CCCCC2)ncn1. The fraction of sp³-hybridized carbons (Fsp3) is 0.333. The van der Waals surface area contributed by atoms with E-state index in [9.17, 15) is 4.79 Å². The van der Waals surface area contributed by atoms with Gasteiger partial charge in [0.05, 0.1) is 5.69 Å². The summed E-state index contributed by atoms with van der Waals surface area (Å²) in [5, 5.41) is 3.65. The van der Waals surface area contributed by atoms with Crippen LogP contribution in [0.3, 0.4) is 0 Å². The van der Waals surface area contributed by atoms with Crippen LogP contribution in [-0.2, 0) is 0 Å². The number of aryl methyl sites for hydroxylation is 1. The second kappa shape index (κ2) is 7.25. The number of piperidine rings is 1. The van der Waals surface area contributed by atoms with Gasteiger partial charge >= 0.3 is 0 Å². The summed E-state index contributed by atoms with van der Waals surface area (Å²) in [5.74, 6) is 1.19. The van der Waals surface area contributed by atoms with Gasteiger partial charge in [0, 0.05) is 31.5 Å². The van der Waals surface area contributed by atoms with Gasteiger partial charge in [-0.25, -0.2) is 15.0 Å². The topological polar surface area (TPSA) is 75.9 Å². The lowest BCUT2D eigenvalue weighted by Crippen LogP contribution is -2.30. The monoisotopic (exact) mass is 368 g/mol. The number of amides is 1. The third kappa shape index (κ3) is 3.45. The highest BCUT2D eigenvalue weighted by atomic mass is 32.1. The second-order valence-electron chi connectivity index (χ2n) is 6.26. The Morgan fingerprint density at radius 2 is 1.92 bits per heavy atom. The van der Waals surface area contributed by atoms with E-state index >= 15 is 0 Å². The molecule has 3 aromatic heterocycles. The number of nitrogens with one attached hydrogen (secondary N) is 1. The van der Waals surface area contributed by atoms with Crippen molar-refractivity contribution in [3.63, 3.8) is 0 Å². The average Bonchev–Trinajstić information content (AvgIpc) is 3.32. The van der Waals surface area contributed by atoms with E-state index in [1.165, 1.54) is 36.9 Å². The molecule has 1 aliphatic rings. The first-order valence-corrected chi connectivity index (χ1v) is 9.51. The average molecular weight is 368 g/mol. The molecule has 1 amide bonds. The van der Waals surface area contributed by atoms with Gasteiger partial charge in [0.15, 0.2) is 5.13 Å². The summed E-state index contributed by atoms with van der Waals surface area (Å²) < 4.78 is 1.90. The Morgan fingerprint density at radius 1 is 1.15 bits per heavy atom. The number of thiazole rings is 1. The summed E-state index contributed by atoms with van der Waals surface area (Å²) in [6.07, 6.45) is 8.94. The van der Waals surface area contributed by atoms with Gasteiger partial charge in [0.2, 0.25) is 0 Å². The van der Waals surface area contributed by atoms with Crippen LogP contribution in [0.2, 0.25) is 0 Å². The minimum absolute atomic E-state index is 0.193. The fourth-order valence-corrected chi connectivity index (χ4v) is 3.98. The van der Waals surface area contributed by atoms with Gasteiger partial charge in [-0.2, -0.15) is 0 Å². The highest BCUT2D eigenvalue weighted by Crippen LogP contribution is 2.24. The highest BCUT2D eigenvalue weighted by molar-refractivity contribution is 7.16. The van der Waals surface area contributed by atoms with Crippen molar-refractivity contribution in [1.29, 1.82) is 0 Å². The zero-order valence-electron chi connectivity index (χ0n) is 14.6. The molecule has 7 nitrogen and oxygen atoms in total. The van der Waals surface area contributed by atoms with E-state index in [0.29, 0.717) is 16.4 Å². The van der Waals surface area contributed by atoms with Crippen molar-refractivity contribution >= 4 is 28.9 Å². The van der Waals surface area contributed by atoms with E-state index in [1.54, 1.807) is 0 Å². The summed E-state index contributed by atoms with van der Waals surface area (Å²) >= 11 is 1.36. The second-order valence-corrected chi connectivity index (χ2v) is 7.24. The number of carbonyl (C=O) groups excluding carboxylic acids is 1. The highest BCUT2D eigenvalue weighted by Gasteiger charge is 2.18. The molecule has 4 rings (SSSR count). The van der Waals surface area contributed by atoms with Gasteiger partial charge in [-0.05, 0) is 38.3 Å². The lowest BCUT2D eigenvalue weighted by atomic mass is 10.1. The van der Waals surface area contributed by atoms with Crippen molar-refractivity contribution < 1.29 is 4.79 Å². The van der Waals surface area contributed by atoms with Crippen LogP contribution in [0.4, 0.5) is 11.6 Å². The van der Waals surface area contributed by atoms with Crippen molar-refractivity contribution in [2.75, 3.05) is 23.3 Å². The molecule has 1 N–H and O–H groups in total. The van der Waals surface area contributed by atoms with E-state index in [4.69, 9.17) is 0 Å². The summed E-state index contributed by atoms with van der Waals surface area (Å²) in [5.41, 5.74) is 0.710. The van der Waals surface area contributed by atoms with Gasteiger partial charge in [-0.1, -0.05) is 11.3 Å². The smallest absolute Gasteiger partial charge is 0.268 e. The molecule has 0 aliphatic carbocycles. The summed E-state index contributed by atoms with van der Waals surface area (Å²) in [4.78, 5) is 28.5. The Morgan fingerprint density at radius 3 is 2.69 bits per heavy atom. The molecule has 1 fully saturated rings. The van der Waals surface area contributed by atoms with Crippen molar-refractivity contribution in [3.8, 4) is 5.13 Å². The molecule has 0 atom stereocenters. The molecule has 1 saturated heterocycles. The lowest BCUT2D eigenvalue weighted by molar-refractivity contribution is 0.102. The van der Waals surface area contributed by atoms with Crippen LogP contribution in [-0.4, -0.2) is 38.5 Å². The van der Waals surface area contributed by atoms with Gasteiger partial charge in [-0.3, -0.25) is 4.79 Å². The number of nitrogens with zero attached hydrogens (tertiary/aromatic N) is 5. The molecule has 0 spiro atoms. The molecule has 0 saturated carbocycles. The summed E-state index contributed by atoms with van der Waals surface area (Å²) in [6, 6.07) is 5.70. The summed E-state index contributed by atoms with van der Waals surface area (Å²) in [6.45, 7) is 3.84. The maximum Gasteiger partial charge on any atom is 0.268 e. The van der Waals surface area contributed by atoms with Crippen molar-refractivity contribution in [2.45, 2.75) is 26.2 Å². The quantitative estimate of drug-likeness (QED) is 0.765. The van der Waals surface area contributed by atoms with E-state index in [-0.39, 0.29) is 5.91 Å². The van der Waals surface area contributed by atoms with Crippen LogP contribution < -0.4 is 10.2 Å². The molecule has 0 unspecified atom stereocenters. The molecule has 1 aliphatic heterocycles. The predicted octanol–water partition coefficient (Wildman–Crippen LogP) is 3.27. The first kappa shape index (κ1) is 16.7. The van der Waals surface area contributed by atoms with E-state index < -0.39 is 0 Å². The van der Waals surface area contributed by atoms with Crippen LogP contribution in [0.25, 0.3) is 5.13 Å². The van der Waals surface area contributed by atoms with Crippen molar-refractivity contribution in [3.05, 3.63) is 47.5 Å². The molecule has 8 heteroatoms. The first-order valence-electron chi connectivity index (χ1n) is 8.70. The largest absolute Gasteiger partial charge is 0.356 e. The maximum atomic E-state index is 12.7. The Balaban J connectivity index is 1.51. The zero-order valence-corrected chi connectivity index (χ0v) is 15.4. The molecule has 0 radical (unpaired) electrons. The maximum absolute atomic E-state index is 12.7. The molecule has 4 heterocycles. The molecule has 26 heavy (non-hydrogen) atoms. The number of aromatic nitrogens is 4. The van der Waals surface area contributed by atoms with Crippen LogP contribution in [0.15, 0.2) is 36.9 Å². The zero-order chi connectivity index (χ0) is 17.9. The van der Waals surface area contributed by atoms with Gasteiger partial charge in [0.25, 0.3) is 5.91 Å². The predicted molar refractivity (Wildman–Crippen MR) is 102 cm³/mol.